The van der Waals surface area contributed by atoms with E-state index >= 15 is 0 Å². The second-order valence-electron chi connectivity index (χ2n) is 10.1. The van der Waals surface area contributed by atoms with Gasteiger partial charge in [0.1, 0.15) is 5.82 Å². The number of piperidine rings is 1. The largest absolute Gasteiger partial charge is 0.310 e. The average Bonchev–Trinajstić information content (AvgIpc) is 3.06. The van der Waals surface area contributed by atoms with E-state index in [-0.39, 0.29) is 16.4 Å². The highest BCUT2D eigenvalue weighted by atomic mass is 16.1. The molecule has 1 spiro atoms. The van der Waals surface area contributed by atoms with E-state index in [4.69, 9.17) is 4.98 Å². The molecule has 5 heteroatoms. The lowest BCUT2D eigenvalue weighted by molar-refractivity contribution is 0.137. The van der Waals surface area contributed by atoms with Crippen LogP contribution in [0.25, 0.3) is 10.9 Å². The third-order valence-corrected chi connectivity index (χ3v) is 6.87. The maximum Gasteiger partial charge on any atom is 0.254 e. The van der Waals surface area contributed by atoms with E-state index in [2.05, 4.69) is 59.9 Å². The van der Waals surface area contributed by atoms with Crippen LogP contribution in [0.3, 0.4) is 0 Å². The van der Waals surface area contributed by atoms with E-state index in [1.807, 2.05) is 12.3 Å². The number of hydrogen-bond donors (Lipinski definition) is 1. The van der Waals surface area contributed by atoms with Crippen LogP contribution in [0, 0.1) is 0 Å². The minimum absolute atomic E-state index is 0.00464. The molecule has 3 heterocycles. The fourth-order valence-electron chi connectivity index (χ4n) is 5.30. The predicted octanol–water partition coefficient (Wildman–Crippen LogP) is 4.10. The monoisotopic (exact) mass is 402 g/mol. The molecule has 0 bridgehead atoms. The number of rotatable bonds is 2. The Kier molecular flexibility index (Phi) is 4.55. The fraction of sp³-hybridized carbons (Fsp3) is 0.480. The summed E-state index contributed by atoms with van der Waals surface area (Å²) in [5.41, 5.74) is 4.27. The van der Waals surface area contributed by atoms with Gasteiger partial charge in [-0.1, -0.05) is 39.0 Å². The van der Waals surface area contributed by atoms with E-state index in [0.29, 0.717) is 0 Å². The Morgan fingerprint density at radius 1 is 1.17 bits per heavy atom. The van der Waals surface area contributed by atoms with Crippen LogP contribution in [0.4, 0.5) is 0 Å². The van der Waals surface area contributed by atoms with Crippen molar-refractivity contribution in [1.29, 1.82) is 0 Å². The molecule has 5 rings (SSSR count). The highest BCUT2D eigenvalue weighted by Gasteiger charge is 2.45. The molecule has 5 nitrogen and oxygen atoms in total. The number of nitrogens with zero attached hydrogens (tertiary/aromatic N) is 3. The Hall–Kier alpha value is -2.53. The summed E-state index contributed by atoms with van der Waals surface area (Å²) in [6.07, 6.45) is 6.04. The highest BCUT2D eigenvalue weighted by molar-refractivity contribution is 5.81. The number of hydrogen-bond acceptors (Lipinski definition) is 4. The number of likely N-dealkylation sites (tertiary alicyclic amines) is 1. The Bertz CT molecular complexity index is 1150. The summed E-state index contributed by atoms with van der Waals surface area (Å²) in [4.78, 5) is 28.0. The van der Waals surface area contributed by atoms with Crippen molar-refractivity contribution in [3.05, 3.63) is 69.5 Å². The van der Waals surface area contributed by atoms with Gasteiger partial charge in [0.2, 0.25) is 0 Å². The quantitative estimate of drug-likeness (QED) is 0.701. The molecule has 2 aliphatic rings. The Balaban J connectivity index is 1.48. The Morgan fingerprint density at radius 2 is 2.00 bits per heavy atom. The molecule has 1 unspecified atom stereocenters. The second kappa shape index (κ2) is 7.02. The van der Waals surface area contributed by atoms with E-state index in [9.17, 15) is 4.79 Å². The molecule has 0 radical (unpaired) electrons. The number of aromatic nitrogens is 3. The number of fused-ring (bicyclic) bond motifs is 3. The zero-order valence-corrected chi connectivity index (χ0v) is 18.2. The number of pyridine rings is 1. The van der Waals surface area contributed by atoms with Crippen LogP contribution in [0.2, 0.25) is 0 Å². The number of aromatic amines is 1. The molecule has 2 aromatic heterocycles. The molecular formula is C25H30N4O. The highest BCUT2D eigenvalue weighted by Crippen LogP contribution is 2.43. The first-order chi connectivity index (χ1) is 14.4. The minimum Gasteiger partial charge on any atom is -0.310 e. The SMILES string of the molecule is CC(C)(C)c1nc2c(c(=O)[nH]1)CCC21CCCN(Cc2ccnc3ccccc23)C1. The smallest absolute Gasteiger partial charge is 0.254 e. The standard InChI is InChI=1S/C25H30N4O/c1-24(2,3)23-27-21-19(22(30)28-23)9-12-25(21)11-6-14-29(16-25)15-17-10-13-26-20-8-5-4-7-18(17)20/h4-5,7-8,10,13H,6,9,11-12,14-16H2,1-3H3,(H,27,28,30). The maximum absolute atomic E-state index is 12.8. The first-order valence-electron chi connectivity index (χ1n) is 11.0. The first kappa shape index (κ1) is 19.4. The van der Waals surface area contributed by atoms with Gasteiger partial charge in [-0.05, 0) is 49.9 Å². The van der Waals surface area contributed by atoms with Crippen LogP contribution in [-0.2, 0) is 23.8 Å². The summed E-state index contributed by atoms with van der Waals surface area (Å²) in [5.74, 6) is 0.810. The summed E-state index contributed by atoms with van der Waals surface area (Å²) < 4.78 is 0. The fourth-order valence-corrected chi connectivity index (χ4v) is 5.30. The zero-order valence-electron chi connectivity index (χ0n) is 18.2. The van der Waals surface area contributed by atoms with Crippen LogP contribution >= 0.6 is 0 Å². The lowest BCUT2D eigenvalue weighted by atomic mass is 9.77. The maximum atomic E-state index is 12.8. The van der Waals surface area contributed by atoms with Gasteiger partial charge in [0.15, 0.2) is 0 Å². The van der Waals surface area contributed by atoms with Gasteiger partial charge in [0.25, 0.3) is 5.56 Å². The topological polar surface area (TPSA) is 61.9 Å². The van der Waals surface area contributed by atoms with E-state index in [0.717, 1.165) is 67.9 Å². The number of para-hydroxylation sites is 1. The van der Waals surface area contributed by atoms with Crippen LogP contribution in [0.1, 0.15) is 62.7 Å². The van der Waals surface area contributed by atoms with Crippen molar-refractivity contribution in [3.63, 3.8) is 0 Å². The third-order valence-electron chi connectivity index (χ3n) is 6.87. The molecule has 1 atom stereocenters. The predicted molar refractivity (Wildman–Crippen MR) is 120 cm³/mol. The second-order valence-corrected chi connectivity index (χ2v) is 10.1. The molecule has 30 heavy (non-hydrogen) atoms. The number of nitrogens with one attached hydrogen (secondary N) is 1. The Morgan fingerprint density at radius 3 is 2.83 bits per heavy atom. The first-order valence-corrected chi connectivity index (χ1v) is 11.0. The van der Waals surface area contributed by atoms with Crippen molar-refractivity contribution in [2.45, 2.75) is 63.8 Å². The summed E-state index contributed by atoms with van der Waals surface area (Å²) in [7, 11) is 0. The molecule has 1 aromatic carbocycles. The van der Waals surface area contributed by atoms with Gasteiger partial charge in [0.05, 0.1) is 11.2 Å². The normalized spacial score (nSPS) is 22.0. The minimum atomic E-state index is -0.164. The van der Waals surface area contributed by atoms with Crippen LogP contribution in [0.5, 0.6) is 0 Å². The lowest BCUT2D eigenvalue weighted by Gasteiger charge is -2.41. The molecule has 0 amide bonds. The van der Waals surface area contributed by atoms with Gasteiger partial charge in [-0.3, -0.25) is 14.7 Å². The molecule has 3 aromatic rings. The summed E-state index contributed by atoms with van der Waals surface area (Å²) >= 11 is 0. The molecule has 1 fully saturated rings. The molecule has 0 saturated carbocycles. The van der Waals surface area contributed by atoms with E-state index in [1.165, 1.54) is 10.9 Å². The van der Waals surface area contributed by atoms with Crippen LogP contribution in [0.15, 0.2) is 41.3 Å². The van der Waals surface area contributed by atoms with Crippen LogP contribution in [-0.4, -0.2) is 32.9 Å². The van der Waals surface area contributed by atoms with E-state index < -0.39 is 0 Å². The van der Waals surface area contributed by atoms with Crippen molar-refractivity contribution in [3.8, 4) is 0 Å². The molecular weight excluding hydrogens is 372 g/mol. The Labute approximate surface area is 177 Å². The van der Waals surface area contributed by atoms with Crippen LogP contribution < -0.4 is 5.56 Å². The van der Waals surface area contributed by atoms with Crippen molar-refractivity contribution < 1.29 is 0 Å². The van der Waals surface area contributed by atoms with Crippen molar-refractivity contribution >= 4 is 10.9 Å². The van der Waals surface area contributed by atoms with Gasteiger partial charge in [-0.15, -0.1) is 0 Å². The summed E-state index contributed by atoms with van der Waals surface area (Å²) in [6, 6.07) is 10.5. The molecule has 1 saturated heterocycles. The van der Waals surface area contributed by atoms with E-state index in [1.54, 1.807) is 0 Å². The third kappa shape index (κ3) is 3.25. The number of benzene rings is 1. The van der Waals surface area contributed by atoms with Crippen molar-refractivity contribution in [2.24, 2.45) is 0 Å². The lowest BCUT2D eigenvalue weighted by Crippen LogP contribution is -2.45. The number of H-pyrrole nitrogens is 1. The summed E-state index contributed by atoms with van der Waals surface area (Å²) in [6.45, 7) is 9.30. The van der Waals surface area contributed by atoms with Crippen molar-refractivity contribution in [2.75, 3.05) is 13.1 Å². The average molecular weight is 403 g/mol. The van der Waals surface area contributed by atoms with Gasteiger partial charge in [0, 0.05) is 41.1 Å². The zero-order chi connectivity index (χ0) is 20.9. The van der Waals surface area contributed by atoms with Crippen molar-refractivity contribution in [1.82, 2.24) is 19.9 Å². The molecule has 1 N–H and O–H groups in total. The molecule has 156 valence electrons. The van der Waals surface area contributed by atoms with Gasteiger partial charge < -0.3 is 4.98 Å². The summed E-state index contributed by atoms with van der Waals surface area (Å²) in [5, 5.41) is 1.23. The molecule has 1 aliphatic heterocycles. The van der Waals surface area contributed by atoms with Gasteiger partial charge in [-0.25, -0.2) is 4.98 Å². The van der Waals surface area contributed by atoms with Gasteiger partial charge in [-0.2, -0.15) is 0 Å². The molecule has 1 aliphatic carbocycles. The van der Waals surface area contributed by atoms with Gasteiger partial charge >= 0.3 is 0 Å².